The zero-order chi connectivity index (χ0) is 11.5. The van der Waals surface area contributed by atoms with Crippen molar-refractivity contribution in [3.63, 3.8) is 0 Å². The van der Waals surface area contributed by atoms with Gasteiger partial charge in [-0.05, 0) is 13.8 Å². The third-order valence-electron chi connectivity index (χ3n) is 1.75. The number of rotatable bonds is 5. The normalized spacial score (nSPS) is 12.0. The third kappa shape index (κ3) is 3.71. The van der Waals surface area contributed by atoms with E-state index in [9.17, 15) is 8.42 Å². The van der Waals surface area contributed by atoms with Crippen LogP contribution in [0.2, 0.25) is 0 Å². The summed E-state index contributed by atoms with van der Waals surface area (Å²) in [4.78, 5) is 0. The highest BCUT2D eigenvalue weighted by Gasteiger charge is 2.11. The Morgan fingerprint density at radius 1 is 1.60 bits per heavy atom. The van der Waals surface area contributed by atoms with Crippen LogP contribution in [0.3, 0.4) is 0 Å². The largest absolute Gasteiger partial charge is 0.280 e. The molecule has 7 heteroatoms. The monoisotopic (exact) mass is 251 g/mol. The molecule has 1 aromatic heterocycles. The summed E-state index contributed by atoms with van der Waals surface area (Å²) in [5.74, 6) is -0.0188. The number of sulfonamides is 1. The quantitative estimate of drug-likeness (QED) is 0.806. The van der Waals surface area contributed by atoms with E-state index in [1.54, 1.807) is 10.9 Å². The molecular formula is C8H14ClN3O2S. The summed E-state index contributed by atoms with van der Waals surface area (Å²) in [6.07, 6.45) is 3.13. The molecule has 0 spiro atoms. The average Bonchev–Trinajstić information content (AvgIpc) is 2.51. The van der Waals surface area contributed by atoms with Crippen molar-refractivity contribution in [2.45, 2.75) is 19.9 Å². The van der Waals surface area contributed by atoms with E-state index in [0.717, 1.165) is 0 Å². The minimum atomic E-state index is -3.33. The van der Waals surface area contributed by atoms with Gasteiger partial charge in [-0.2, -0.15) is 5.10 Å². The van der Waals surface area contributed by atoms with Gasteiger partial charge in [0.25, 0.3) is 0 Å². The van der Waals surface area contributed by atoms with Crippen LogP contribution in [-0.2, 0) is 10.0 Å². The van der Waals surface area contributed by atoms with Gasteiger partial charge >= 0.3 is 0 Å². The maximum atomic E-state index is 11.3. The van der Waals surface area contributed by atoms with E-state index in [2.05, 4.69) is 9.82 Å². The molecular weight excluding hydrogens is 238 g/mol. The fourth-order valence-electron chi connectivity index (χ4n) is 1.01. The van der Waals surface area contributed by atoms with Crippen molar-refractivity contribution in [1.29, 1.82) is 0 Å². The minimum absolute atomic E-state index is 0.0770. The fraction of sp³-hybridized carbons (Fsp3) is 0.625. The van der Waals surface area contributed by atoms with Gasteiger partial charge in [-0.15, -0.1) is 11.6 Å². The average molecular weight is 252 g/mol. The summed E-state index contributed by atoms with van der Waals surface area (Å²) in [5, 5.41) is 4.02. The first-order valence-corrected chi connectivity index (χ1v) is 6.74. The van der Waals surface area contributed by atoms with Gasteiger partial charge in [-0.1, -0.05) is 0 Å². The summed E-state index contributed by atoms with van der Waals surface area (Å²) in [5.41, 5.74) is 0.466. The molecule has 0 aliphatic heterocycles. The van der Waals surface area contributed by atoms with E-state index in [0.29, 0.717) is 5.69 Å². The summed E-state index contributed by atoms with van der Waals surface area (Å²) in [7, 11) is -3.33. The molecule has 0 saturated carbocycles. The Bertz CT molecular complexity index is 413. The van der Waals surface area contributed by atoms with Crippen molar-refractivity contribution < 1.29 is 8.42 Å². The van der Waals surface area contributed by atoms with Gasteiger partial charge in [0.1, 0.15) is 0 Å². The number of alkyl halides is 1. The molecule has 0 aromatic carbocycles. The molecule has 0 amide bonds. The molecule has 5 nitrogen and oxygen atoms in total. The number of nitrogens with one attached hydrogen (secondary N) is 1. The Kier molecular flexibility index (Phi) is 3.98. The first-order valence-electron chi connectivity index (χ1n) is 4.55. The molecule has 1 rings (SSSR count). The Labute approximate surface area is 94.5 Å². The molecule has 0 aliphatic carbocycles. The Morgan fingerprint density at radius 2 is 2.27 bits per heavy atom. The van der Waals surface area contributed by atoms with E-state index in [1.165, 1.54) is 6.20 Å². The van der Waals surface area contributed by atoms with Gasteiger partial charge in [0.2, 0.25) is 10.0 Å². The van der Waals surface area contributed by atoms with E-state index in [-0.39, 0.29) is 17.7 Å². The molecule has 1 N–H and O–H groups in total. The highest BCUT2D eigenvalue weighted by Crippen LogP contribution is 2.11. The van der Waals surface area contributed by atoms with Crippen LogP contribution in [0.25, 0.3) is 0 Å². The zero-order valence-electron chi connectivity index (χ0n) is 8.64. The van der Waals surface area contributed by atoms with Gasteiger partial charge in [-0.25, -0.2) is 8.42 Å². The summed E-state index contributed by atoms with van der Waals surface area (Å²) >= 11 is 5.37. The standard InChI is InChI=1S/C8H14ClN3O2S/c1-7(2)12-6-8(5-10-12)11-15(13,14)4-3-9/h5-7,11H,3-4H2,1-2H3. The third-order valence-corrected chi connectivity index (χ3v) is 3.45. The number of hydrogen-bond donors (Lipinski definition) is 1. The van der Waals surface area contributed by atoms with Crippen LogP contribution in [0.1, 0.15) is 19.9 Å². The molecule has 0 aliphatic rings. The maximum Gasteiger partial charge on any atom is 0.234 e. The van der Waals surface area contributed by atoms with Crippen LogP contribution >= 0.6 is 11.6 Å². The number of halogens is 1. The molecule has 1 aromatic rings. The van der Waals surface area contributed by atoms with Gasteiger partial charge in [0.05, 0.1) is 17.6 Å². The second-order valence-electron chi connectivity index (χ2n) is 3.41. The van der Waals surface area contributed by atoms with E-state index >= 15 is 0 Å². The summed E-state index contributed by atoms with van der Waals surface area (Å²) < 4.78 is 26.8. The van der Waals surface area contributed by atoms with E-state index in [4.69, 9.17) is 11.6 Å². The van der Waals surface area contributed by atoms with E-state index < -0.39 is 10.0 Å². The van der Waals surface area contributed by atoms with Gasteiger partial charge in [0, 0.05) is 18.1 Å². The second kappa shape index (κ2) is 4.85. The first-order chi connectivity index (χ1) is 6.94. The van der Waals surface area contributed by atoms with Crippen LogP contribution in [0.5, 0.6) is 0 Å². The maximum absolute atomic E-state index is 11.3. The van der Waals surface area contributed by atoms with Crippen molar-refractivity contribution in [2.75, 3.05) is 16.4 Å². The molecule has 15 heavy (non-hydrogen) atoms. The predicted molar refractivity (Wildman–Crippen MR) is 60.7 cm³/mol. The highest BCUT2D eigenvalue weighted by molar-refractivity contribution is 7.92. The first kappa shape index (κ1) is 12.3. The fourth-order valence-corrected chi connectivity index (χ4v) is 2.38. The number of aromatic nitrogens is 2. The SMILES string of the molecule is CC(C)n1cc(NS(=O)(=O)CCCl)cn1. The Hall–Kier alpha value is -0.750. The predicted octanol–water partition coefficient (Wildman–Crippen LogP) is 1.44. The lowest BCUT2D eigenvalue weighted by Crippen LogP contribution is -2.17. The second-order valence-corrected chi connectivity index (χ2v) is 5.63. The molecule has 0 bridgehead atoms. The van der Waals surface area contributed by atoms with Gasteiger partial charge in [-0.3, -0.25) is 9.40 Å². The number of nitrogens with zero attached hydrogens (tertiary/aromatic N) is 2. The Balaban J connectivity index is 2.73. The van der Waals surface area contributed by atoms with Crippen LogP contribution in [0.15, 0.2) is 12.4 Å². The van der Waals surface area contributed by atoms with Crippen LogP contribution in [0, 0.1) is 0 Å². The molecule has 0 unspecified atom stereocenters. The topological polar surface area (TPSA) is 64.0 Å². The Morgan fingerprint density at radius 3 is 2.73 bits per heavy atom. The van der Waals surface area contributed by atoms with Crippen molar-refractivity contribution >= 4 is 27.3 Å². The smallest absolute Gasteiger partial charge is 0.234 e. The number of anilines is 1. The molecule has 86 valence electrons. The van der Waals surface area contributed by atoms with Crippen LogP contribution in [0.4, 0.5) is 5.69 Å². The van der Waals surface area contributed by atoms with E-state index in [1.807, 2.05) is 13.8 Å². The summed E-state index contributed by atoms with van der Waals surface area (Å²) in [6.45, 7) is 3.92. The van der Waals surface area contributed by atoms with Gasteiger partial charge in [0.15, 0.2) is 0 Å². The van der Waals surface area contributed by atoms with Gasteiger partial charge < -0.3 is 0 Å². The number of hydrogen-bond acceptors (Lipinski definition) is 3. The molecule has 0 saturated heterocycles. The van der Waals surface area contributed by atoms with Crippen LogP contribution in [-0.4, -0.2) is 29.8 Å². The molecule has 0 atom stereocenters. The lowest BCUT2D eigenvalue weighted by atomic mass is 10.4. The van der Waals surface area contributed by atoms with Crippen molar-refractivity contribution in [3.8, 4) is 0 Å². The summed E-state index contributed by atoms with van der Waals surface area (Å²) in [6, 6.07) is 0.205. The molecule has 1 heterocycles. The molecule has 0 fully saturated rings. The minimum Gasteiger partial charge on any atom is -0.280 e. The van der Waals surface area contributed by atoms with Crippen molar-refractivity contribution in [3.05, 3.63) is 12.4 Å². The lowest BCUT2D eigenvalue weighted by molar-refractivity contribution is 0.532. The van der Waals surface area contributed by atoms with Crippen molar-refractivity contribution in [2.24, 2.45) is 0 Å². The van der Waals surface area contributed by atoms with Crippen LogP contribution < -0.4 is 4.72 Å². The molecule has 0 radical (unpaired) electrons. The highest BCUT2D eigenvalue weighted by atomic mass is 35.5. The zero-order valence-corrected chi connectivity index (χ0v) is 10.2. The lowest BCUT2D eigenvalue weighted by Gasteiger charge is -2.04. The van der Waals surface area contributed by atoms with Crippen molar-refractivity contribution in [1.82, 2.24) is 9.78 Å².